The van der Waals surface area contributed by atoms with E-state index in [4.69, 9.17) is 28.9 Å². The Balaban J connectivity index is 2.49. The van der Waals surface area contributed by atoms with Gasteiger partial charge in [0.05, 0.1) is 38.9 Å². The lowest BCUT2D eigenvalue weighted by Crippen LogP contribution is -2.28. The summed E-state index contributed by atoms with van der Waals surface area (Å²) in [7, 11) is 0. The Labute approximate surface area is 135 Å². The molecule has 0 saturated heterocycles. The number of rotatable bonds is 3. The summed E-state index contributed by atoms with van der Waals surface area (Å²) in [5, 5.41) is 7.47. The van der Waals surface area contributed by atoms with Gasteiger partial charge < -0.3 is 5.73 Å². The first-order valence-corrected chi connectivity index (χ1v) is 7.45. The van der Waals surface area contributed by atoms with Crippen LogP contribution in [0.15, 0.2) is 29.3 Å². The van der Waals surface area contributed by atoms with Crippen LogP contribution < -0.4 is 11.3 Å². The van der Waals surface area contributed by atoms with Crippen LogP contribution in [0.2, 0.25) is 10.0 Å². The van der Waals surface area contributed by atoms with E-state index in [1.807, 2.05) is 6.92 Å². The van der Waals surface area contributed by atoms with E-state index < -0.39 is 6.04 Å². The summed E-state index contributed by atoms with van der Waals surface area (Å²) in [6, 6.07) is 2.78. The van der Waals surface area contributed by atoms with E-state index in [0.29, 0.717) is 33.5 Å². The molecule has 0 aliphatic heterocycles. The molecule has 0 spiro atoms. The average molecular weight is 338 g/mol. The summed E-state index contributed by atoms with van der Waals surface area (Å²) in [4.78, 5) is 17.4. The van der Waals surface area contributed by atoms with Gasteiger partial charge in [-0.15, -0.1) is 0 Å². The summed E-state index contributed by atoms with van der Waals surface area (Å²) in [6.07, 6.45) is 3.74. The maximum absolute atomic E-state index is 12.9. The quantitative estimate of drug-likeness (QED) is 0.768. The van der Waals surface area contributed by atoms with E-state index in [-0.39, 0.29) is 10.9 Å². The number of fused-ring (bicyclic) bond motifs is 1. The number of hydrogen-bond donors (Lipinski definition) is 2. The molecule has 0 fully saturated rings. The maximum atomic E-state index is 12.9. The molecule has 1 aromatic carbocycles. The first-order chi connectivity index (χ1) is 10.5. The second-order valence-corrected chi connectivity index (χ2v) is 5.65. The van der Waals surface area contributed by atoms with Crippen LogP contribution in [0.5, 0.6) is 0 Å². The van der Waals surface area contributed by atoms with Crippen molar-refractivity contribution in [2.45, 2.75) is 19.4 Å². The molecule has 0 aliphatic rings. The zero-order chi connectivity index (χ0) is 15.9. The van der Waals surface area contributed by atoms with Gasteiger partial charge in [0.2, 0.25) is 0 Å². The lowest BCUT2D eigenvalue weighted by molar-refractivity contribution is 0.623. The number of hydrogen-bond acceptors (Lipinski definition) is 4. The van der Waals surface area contributed by atoms with Gasteiger partial charge in [0.1, 0.15) is 5.82 Å². The number of nitrogens with one attached hydrogen (secondary N) is 1. The van der Waals surface area contributed by atoms with Crippen LogP contribution >= 0.6 is 23.2 Å². The molecule has 3 N–H and O–H groups in total. The molecule has 2 heterocycles. The lowest BCUT2D eigenvalue weighted by atomic mass is 10.2. The minimum absolute atomic E-state index is 0.266. The fourth-order valence-corrected chi connectivity index (χ4v) is 2.71. The molecule has 0 bridgehead atoms. The number of H-pyrrole nitrogens is 1. The fourth-order valence-electron chi connectivity index (χ4n) is 2.28. The Morgan fingerprint density at radius 3 is 2.73 bits per heavy atom. The zero-order valence-electron chi connectivity index (χ0n) is 11.7. The van der Waals surface area contributed by atoms with Crippen LogP contribution in [-0.4, -0.2) is 19.7 Å². The Hall–Kier alpha value is -1.89. The standard InChI is InChI=1S/C14H13Cl2N5O/c1-2-10(17)13-20-12-9(16)4-3-8(15)11(12)14(22)21(13)7-5-18-19-6-7/h3-6,10H,2,17H2,1H3,(H,18,19). The highest BCUT2D eigenvalue weighted by atomic mass is 35.5. The van der Waals surface area contributed by atoms with Crippen molar-refractivity contribution in [1.82, 2.24) is 19.7 Å². The van der Waals surface area contributed by atoms with Crippen molar-refractivity contribution >= 4 is 34.1 Å². The van der Waals surface area contributed by atoms with E-state index in [1.54, 1.807) is 18.3 Å². The number of nitrogens with zero attached hydrogens (tertiary/aromatic N) is 3. The molecule has 0 amide bonds. The van der Waals surface area contributed by atoms with Gasteiger partial charge in [-0.25, -0.2) is 4.98 Å². The third-order valence-corrected chi connectivity index (χ3v) is 4.08. The van der Waals surface area contributed by atoms with Gasteiger partial charge in [-0.1, -0.05) is 30.1 Å². The molecule has 2 aromatic heterocycles. The first-order valence-electron chi connectivity index (χ1n) is 6.70. The zero-order valence-corrected chi connectivity index (χ0v) is 13.2. The second kappa shape index (κ2) is 5.72. The average Bonchev–Trinajstić information content (AvgIpc) is 3.03. The molecule has 6 nitrogen and oxygen atoms in total. The van der Waals surface area contributed by atoms with Crippen LogP contribution in [-0.2, 0) is 0 Å². The number of aromatic amines is 1. The summed E-state index contributed by atoms with van der Waals surface area (Å²) in [6.45, 7) is 1.92. The van der Waals surface area contributed by atoms with Crippen molar-refractivity contribution in [1.29, 1.82) is 0 Å². The SMILES string of the molecule is CCC(N)c1nc2c(Cl)ccc(Cl)c2c(=O)n1-c1cn[nH]c1. The van der Waals surface area contributed by atoms with E-state index >= 15 is 0 Å². The number of nitrogens with two attached hydrogens (primary N) is 1. The Morgan fingerprint density at radius 1 is 1.36 bits per heavy atom. The van der Waals surface area contributed by atoms with E-state index in [1.165, 1.54) is 10.8 Å². The molecular weight excluding hydrogens is 325 g/mol. The monoisotopic (exact) mass is 337 g/mol. The highest BCUT2D eigenvalue weighted by Crippen LogP contribution is 2.28. The molecule has 0 aliphatic carbocycles. The van der Waals surface area contributed by atoms with Crippen molar-refractivity contribution < 1.29 is 0 Å². The Bertz CT molecular complexity index is 888. The van der Waals surface area contributed by atoms with Crippen LogP contribution in [0.1, 0.15) is 25.2 Å². The van der Waals surface area contributed by atoms with Crippen LogP contribution in [0.4, 0.5) is 0 Å². The third-order valence-electron chi connectivity index (χ3n) is 3.46. The Kier molecular flexibility index (Phi) is 3.90. The highest BCUT2D eigenvalue weighted by molar-refractivity contribution is 6.39. The van der Waals surface area contributed by atoms with Crippen molar-refractivity contribution in [3.05, 3.63) is 50.7 Å². The second-order valence-electron chi connectivity index (χ2n) is 4.83. The summed E-state index contributed by atoms with van der Waals surface area (Å²) >= 11 is 12.3. The normalized spacial score (nSPS) is 12.7. The predicted molar refractivity (Wildman–Crippen MR) is 86.7 cm³/mol. The van der Waals surface area contributed by atoms with Gasteiger partial charge in [-0.05, 0) is 18.6 Å². The van der Waals surface area contributed by atoms with Crippen molar-refractivity contribution in [3.8, 4) is 5.69 Å². The van der Waals surface area contributed by atoms with Gasteiger partial charge in [-0.3, -0.25) is 14.5 Å². The third kappa shape index (κ3) is 2.29. The smallest absolute Gasteiger partial charge is 0.267 e. The number of halogens is 2. The van der Waals surface area contributed by atoms with Crippen LogP contribution in [0.3, 0.4) is 0 Å². The highest BCUT2D eigenvalue weighted by Gasteiger charge is 2.20. The van der Waals surface area contributed by atoms with E-state index in [9.17, 15) is 4.79 Å². The molecule has 3 rings (SSSR count). The molecular formula is C14H13Cl2N5O. The van der Waals surface area contributed by atoms with Gasteiger partial charge in [0.25, 0.3) is 5.56 Å². The molecule has 1 atom stereocenters. The van der Waals surface area contributed by atoms with Crippen molar-refractivity contribution in [2.75, 3.05) is 0 Å². The molecule has 22 heavy (non-hydrogen) atoms. The summed E-state index contributed by atoms with van der Waals surface area (Å²) in [5.74, 6) is 0.422. The van der Waals surface area contributed by atoms with Crippen molar-refractivity contribution in [3.63, 3.8) is 0 Å². The van der Waals surface area contributed by atoms with Crippen molar-refractivity contribution in [2.24, 2.45) is 5.73 Å². The van der Waals surface area contributed by atoms with Gasteiger partial charge in [0.15, 0.2) is 0 Å². The number of aromatic nitrogens is 4. The first kappa shape index (κ1) is 15.0. The predicted octanol–water partition coefficient (Wildman–Crippen LogP) is 2.83. The Morgan fingerprint density at radius 2 is 2.09 bits per heavy atom. The van der Waals surface area contributed by atoms with E-state index in [0.717, 1.165) is 0 Å². The minimum atomic E-state index is -0.415. The summed E-state index contributed by atoms with van der Waals surface area (Å²) in [5.41, 5.74) is 6.71. The molecule has 8 heteroatoms. The fraction of sp³-hybridized carbons (Fsp3) is 0.214. The van der Waals surface area contributed by atoms with Gasteiger partial charge in [0, 0.05) is 6.20 Å². The molecule has 1 unspecified atom stereocenters. The molecule has 114 valence electrons. The maximum Gasteiger partial charge on any atom is 0.267 e. The largest absolute Gasteiger partial charge is 0.321 e. The molecule has 3 aromatic rings. The van der Waals surface area contributed by atoms with Gasteiger partial charge >= 0.3 is 0 Å². The van der Waals surface area contributed by atoms with Crippen LogP contribution in [0, 0.1) is 0 Å². The summed E-state index contributed by atoms with van der Waals surface area (Å²) < 4.78 is 1.42. The van der Waals surface area contributed by atoms with Crippen LogP contribution in [0.25, 0.3) is 16.6 Å². The molecule has 0 radical (unpaired) electrons. The molecule has 0 saturated carbocycles. The minimum Gasteiger partial charge on any atom is -0.321 e. The lowest BCUT2D eigenvalue weighted by Gasteiger charge is -2.17. The van der Waals surface area contributed by atoms with Gasteiger partial charge in [-0.2, -0.15) is 5.10 Å². The number of benzene rings is 1. The topological polar surface area (TPSA) is 89.6 Å². The van der Waals surface area contributed by atoms with E-state index in [2.05, 4.69) is 15.2 Å².